The van der Waals surface area contributed by atoms with Crippen LogP contribution in [-0.2, 0) is 32.5 Å². The molecular weight excluding hydrogens is 456 g/mol. The largest absolute Gasteiger partial charge is 0.379 e. The third kappa shape index (κ3) is 4.16. The van der Waals surface area contributed by atoms with Crippen LogP contribution >= 0.6 is 15.9 Å². The number of fused-ring (bicyclic) bond motifs is 1. The van der Waals surface area contributed by atoms with Gasteiger partial charge in [-0.1, -0.05) is 36.4 Å². The monoisotopic (exact) mass is 476 g/mol. The smallest absolute Gasteiger partial charge is 0.248 e. The van der Waals surface area contributed by atoms with Gasteiger partial charge < -0.3 is 10.1 Å². The van der Waals surface area contributed by atoms with E-state index in [-0.39, 0.29) is 10.8 Å². The minimum atomic E-state index is -3.51. The summed E-state index contributed by atoms with van der Waals surface area (Å²) in [6.07, 6.45) is 0.597. The summed E-state index contributed by atoms with van der Waals surface area (Å²) in [6.45, 7) is 1.90. The van der Waals surface area contributed by atoms with E-state index in [1.54, 1.807) is 24.3 Å². The fraction of sp³-hybridized carbons (Fsp3) is 0.286. The Hall–Kier alpha value is -2.00. The lowest BCUT2D eigenvalue weighted by Gasteiger charge is -2.26. The van der Waals surface area contributed by atoms with E-state index in [9.17, 15) is 13.2 Å². The zero-order valence-electron chi connectivity index (χ0n) is 15.7. The van der Waals surface area contributed by atoms with Crippen molar-refractivity contribution in [1.82, 2.24) is 9.62 Å². The standard InChI is InChI=1S/C21H21BrN2O4S/c22-20-18-4-2-1-3-16(18)13-19(20)21(25)23-14-15-5-7-17(8-6-15)29(26,27)24-9-11-28-12-10-24/h1-8H,9-14H2,(H,23,25). The van der Waals surface area contributed by atoms with Crippen LogP contribution < -0.4 is 5.32 Å². The zero-order chi connectivity index (χ0) is 20.4. The highest BCUT2D eigenvalue weighted by molar-refractivity contribution is 9.15. The van der Waals surface area contributed by atoms with Gasteiger partial charge >= 0.3 is 0 Å². The van der Waals surface area contributed by atoms with Crippen LogP contribution in [-0.4, -0.2) is 44.9 Å². The van der Waals surface area contributed by atoms with Gasteiger partial charge in [0, 0.05) is 36.1 Å². The zero-order valence-corrected chi connectivity index (χ0v) is 18.1. The second-order valence-corrected chi connectivity index (χ2v) is 9.70. The predicted octanol–water partition coefficient (Wildman–Crippen LogP) is 2.69. The van der Waals surface area contributed by atoms with E-state index in [2.05, 4.69) is 21.2 Å². The molecule has 0 aromatic heterocycles. The quantitative estimate of drug-likeness (QED) is 0.719. The number of sulfonamides is 1. The summed E-state index contributed by atoms with van der Waals surface area (Å²) in [4.78, 5) is 12.9. The van der Waals surface area contributed by atoms with Crippen molar-refractivity contribution in [3.8, 4) is 0 Å². The van der Waals surface area contributed by atoms with E-state index >= 15 is 0 Å². The maximum atomic E-state index is 12.7. The number of carbonyl (C=O) groups is 1. The molecule has 8 heteroatoms. The predicted molar refractivity (Wildman–Crippen MR) is 114 cm³/mol. The second-order valence-electron chi connectivity index (χ2n) is 6.97. The molecule has 6 nitrogen and oxygen atoms in total. The third-order valence-corrected chi connectivity index (χ3v) is 7.96. The summed E-state index contributed by atoms with van der Waals surface area (Å²) in [5.74, 6) is -0.127. The van der Waals surface area contributed by atoms with Crippen LogP contribution in [0.5, 0.6) is 0 Å². The fourth-order valence-electron chi connectivity index (χ4n) is 3.50. The molecule has 1 fully saturated rings. The topological polar surface area (TPSA) is 75.7 Å². The van der Waals surface area contributed by atoms with Crippen LogP contribution in [0.2, 0.25) is 0 Å². The highest BCUT2D eigenvalue weighted by atomic mass is 79.9. The van der Waals surface area contributed by atoms with Crippen molar-refractivity contribution in [2.24, 2.45) is 0 Å². The van der Waals surface area contributed by atoms with E-state index in [4.69, 9.17) is 4.74 Å². The summed E-state index contributed by atoms with van der Waals surface area (Å²) in [6, 6.07) is 14.6. The maximum Gasteiger partial charge on any atom is 0.248 e. The molecule has 1 saturated heterocycles. The normalized spacial score (nSPS) is 17.3. The summed E-state index contributed by atoms with van der Waals surface area (Å²) >= 11 is 3.54. The first kappa shape index (κ1) is 20.3. The average Bonchev–Trinajstić information content (AvgIpc) is 3.10. The van der Waals surface area contributed by atoms with Gasteiger partial charge in [0.25, 0.3) is 0 Å². The van der Waals surface area contributed by atoms with Crippen LogP contribution in [0.4, 0.5) is 0 Å². The molecule has 1 amide bonds. The molecule has 0 unspecified atom stereocenters. The lowest BCUT2D eigenvalue weighted by atomic mass is 10.1. The molecule has 1 N–H and O–H groups in total. The minimum absolute atomic E-state index is 0.127. The molecule has 29 heavy (non-hydrogen) atoms. The molecule has 0 atom stereocenters. The molecule has 4 rings (SSSR count). The van der Waals surface area contributed by atoms with Gasteiger partial charge in [-0.25, -0.2) is 8.42 Å². The first-order valence-electron chi connectivity index (χ1n) is 9.39. The number of halogens is 1. The van der Waals surface area contributed by atoms with Crippen LogP contribution in [0.3, 0.4) is 0 Å². The van der Waals surface area contributed by atoms with Crippen molar-refractivity contribution in [3.05, 3.63) is 70.8 Å². The van der Waals surface area contributed by atoms with Crippen molar-refractivity contribution in [1.29, 1.82) is 0 Å². The van der Waals surface area contributed by atoms with E-state index in [1.807, 2.05) is 24.3 Å². The molecular formula is C21H21BrN2O4S. The van der Waals surface area contributed by atoms with Gasteiger partial charge in [0.1, 0.15) is 0 Å². The number of benzene rings is 2. The van der Waals surface area contributed by atoms with Gasteiger partial charge in [0.15, 0.2) is 0 Å². The van der Waals surface area contributed by atoms with Gasteiger partial charge in [0.2, 0.25) is 15.9 Å². The van der Waals surface area contributed by atoms with E-state index in [0.717, 1.165) is 21.2 Å². The van der Waals surface area contributed by atoms with Gasteiger partial charge in [-0.3, -0.25) is 4.79 Å². The number of carbonyl (C=O) groups excluding carboxylic acids is 1. The average molecular weight is 477 g/mol. The number of morpholine rings is 1. The molecule has 1 heterocycles. The lowest BCUT2D eigenvalue weighted by molar-refractivity contribution is -0.117. The van der Waals surface area contributed by atoms with Crippen LogP contribution in [0.1, 0.15) is 16.7 Å². The molecule has 2 aromatic rings. The van der Waals surface area contributed by atoms with Gasteiger partial charge in [-0.15, -0.1) is 0 Å². The molecule has 152 valence electrons. The van der Waals surface area contributed by atoms with Crippen molar-refractivity contribution < 1.29 is 17.9 Å². The van der Waals surface area contributed by atoms with Crippen LogP contribution in [0.25, 0.3) is 4.48 Å². The summed E-state index contributed by atoms with van der Waals surface area (Å²) in [5.41, 5.74) is 3.72. The number of rotatable bonds is 5. The molecule has 1 aliphatic carbocycles. The maximum absolute atomic E-state index is 12.7. The van der Waals surface area contributed by atoms with Gasteiger partial charge in [0.05, 0.1) is 18.1 Å². The highest BCUT2D eigenvalue weighted by Gasteiger charge is 2.26. The first-order valence-corrected chi connectivity index (χ1v) is 11.6. The van der Waals surface area contributed by atoms with Crippen molar-refractivity contribution in [2.45, 2.75) is 17.9 Å². The Morgan fingerprint density at radius 2 is 1.76 bits per heavy atom. The first-order chi connectivity index (χ1) is 14.0. The summed E-state index contributed by atoms with van der Waals surface area (Å²) in [5, 5.41) is 2.92. The number of ether oxygens (including phenoxy) is 1. The molecule has 0 spiro atoms. The second kappa shape index (κ2) is 8.39. The minimum Gasteiger partial charge on any atom is -0.379 e. The van der Waals surface area contributed by atoms with E-state index < -0.39 is 10.0 Å². The van der Waals surface area contributed by atoms with E-state index in [1.165, 1.54) is 4.31 Å². The number of nitrogens with zero attached hydrogens (tertiary/aromatic N) is 1. The van der Waals surface area contributed by atoms with Gasteiger partial charge in [-0.05, 0) is 44.8 Å². The molecule has 0 radical (unpaired) electrons. The Bertz CT molecular complexity index is 1060. The van der Waals surface area contributed by atoms with Crippen LogP contribution in [0, 0.1) is 0 Å². The van der Waals surface area contributed by atoms with E-state index in [0.29, 0.717) is 44.8 Å². The molecule has 1 aliphatic heterocycles. The number of hydrogen-bond acceptors (Lipinski definition) is 4. The Morgan fingerprint density at radius 1 is 1.07 bits per heavy atom. The van der Waals surface area contributed by atoms with Crippen molar-refractivity contribution in [2.75, 3.05) is 26.3 Å². The third-order valence-electron chi connectivity index (χ3n) is 5.14. The Morgan fingerprint density at radius 3 is 2.45 bits per heavy atom. The Labute approximate surface area is 178 Å². The van der Waals surface area contributed by atoms with Gasteiger partial charge in [-0.2, -0.15) is 4.31 Å². The number of amides is 1. The highest BCUT2D eigenvalue weighted by Crippen LogP contribution is 2.36. The lowest BCUT2D eigenvalue weighted by Crippen LogP contribution is -2.40. The van der Waals surface area contributed by atoms with Crippen molar-refractivity contribution in [3.63, 3.8) is 0 Å². The number of hydrogen-bond donors (Lipinski definition) is 1. The molecule has 2 aliphatic rings. The summed E-state index contributed by atoms with van der Waals surface area (Å²) < 4.78 is 32.8. The number of nitrogens with one attached hydrogen (secondary N) is 1. The molecule has 0 bridgehead atoms. The Kier molecular flexibility index (Phi) is 5.87. The Balaban J connectivity index is 1.40. The fourth-order valence-corrected chi connectivity index (χ4v) is 5.62. The summed E-state index contributed by atoms with van der Waals surface area (Å²) in [7, 11) is -3.51. The van der Waals surface area contributed by atoms with Crippen LogP contribution in [0.15, 0.2) is 59.0 Å². The molecule has 2 aromatic carbocycles. The van der Waals surface area contributed by atoms with Crippen molar-refractivity contribution >= 4 is 36.3 Å². The SMILES string of the molecule is O=C(NCc1ccc(S(=O)(=O)N2CCOCC2)cc1)C1=C(Br)c2ccccc2C1. The molecule has 0 saturated carbocycles.